The third-order valence-electron chi connectivity index (χ3n) is 3.93. The third-order valence-corrected chi connectivity index (χ3v) is 3.93. The van der Waals surface area contributed by atoms with Crippen LogP contribution in [0, 0.1) is 11.3 Å². The molecule has 0 fully saturated rings. The Hall–Kier alpha value is -4.12. The maximum atomic E-state index is 9.09. The molecule has 0 bridgehead atoms. The van der Waals surface area contributed by atoms with Gasteiger partial charge in [0.05, 0.1) is 35.8 Å². The minimum absolute atomic E-state index is 0.133. The third kappa shape index (κ3) is 3.62. The fraction of sp³-hybridized carbons (Fsp3) is 0.0526. The fourth-order valence-corrected chi connectivity index (χ4v) is 2.66. The summed E-state index contributed by atoms with van der Waals surface area (Å²) in [5.41, 5.74) is 10.1. The van der Waals surface area contributed by atoms with Crippen LogP contribution >= 0.6 is 0 Å². The van der Waals surface area contributed by atoms with E-state index in [1.165, 1.54) is 0 Å². The van der Waals surface area contributed by atoms with Crippen molar-refractivity contribution in [3.8, 4) is 28.7 Å². The molecule has 0 amide bonds. The van der Waals surface area contributed by atoms with Crippen LogP contribution in [0.5, 0.6) is 0 Å². The molecule has 0 atom stereocenters. The van der Waals surface area contributed by atoms with Crippen LogP contribution in [0.15, 0.2) is 61.1 Å². The molecular formula is C19H14N8. The van der Waals surface area contributed by atoms with E-state index in [1.807, 2.05) is 18.2 Å². The van der Waals surface area contributed by atoms with Crippen molar-refractivity contribution in [2.24, 2.45) is 0 Å². The molecule has 0 radical (unpaired) electrons. The summed E-state index contributed by atoms with van der Waals surface area (Å²) in [6.07, 6.45) is 5.28. The van der Waals surface area contributed by atoms with Crippen molar-refractivity contribution in [2.45, 2.75) is 6.54 Å². The van der Waals surface area contributed by atoms with Gasteiger partial charge >= 0.3 is 0 Å². The lowest BCUT2D eigenvalue weighted by Crippen LogP contribution is -2.00. The SMILES string of the molecule is N#Cc1cccc(-c2cc(-c3cn(Cc4ccncc4)nn3)nc(N)n2)c1. The molecule has 0 aliphatic rings. The highest BCUT2D eigenvalue weighted by molar-refractivity contribution is 5.68. The summed E-state index contributed by atoms with van der Waals surface area (Å²) < 4.78 is 1.72. The highest BCUT2D eigenvalue weighted by Crippen LogP contribution is 2.24. The van der Waals surface area contributed by atoms with Crippen molar-refractivity contribution in [1.29, 1.82) is 5.26 Å². The smallest absolute Gasteiger partial charge is 0.221 e. The summed E-state index contributed by atoms with van der Waals surface area (Å²) in [6.45, 7) is 0.577. The van der Waals surface area contributed by atoms with Crippen molar-refractivity contribution >= 4 is 5.95 Å². The van der Waals surface area contributed by atoms with Crippen LogP contribution < -0.4 is 5.73 Å². The number of rotatable bonds is 4. The van der Waals surface area contributed by atoms with Gasteiger partial charge < -0.3 is 5.73 Å². The van der Waals surface area contributed by atoms with E-state index in [4.69, 9.17) is 11.0 Å². The summed E-state index contributed by atoms with van der Waals surface area (Å²) >= 11 is 0. The minimum Gasteiger partial charge on any atom is -0.368 e. The molecule has 8 nitrogen and oxygen atoms in total. The van der Waals surface area contributed by atoms with Crippen molar-refractivity contribution in [1.82, 2.24) is 29.9 Å². The van der Waals surface area contributed by atoms with Crippen molar-refractivity contribution < 1.29 is 0 Å². The van der Waals surface area contributed by atoms with E-state index >= 15 is 0 Å². The first-order chi connectivity index (χ1) is 13.2. The van der Waals surface area contributed by atoms with E-state index < -0.39 is 0 Å². The molecule has 1 aromatic carbocycles. The fourth-order valence-electron chi connectivity index (χ4n) is 2.66. The van der Waals surface area contributed by atoms with Gasteiger partial charge in [-0.05, 0) is 35.9 Å². The molecule has 27 heavy (non-hydrogen) atoms. The Kier molecular flexibility index (Phi) is 4.25. The molecular weight excluding hydrogens is 340 g/mol. The van der Waals surface area contributed by atoms with Gasteiger partial charge in [0, 0.05) is 18.0 Å². The lowest BCUT2D eigenvalue weighted by molar-refractivity contribution is 0.649. The number of pyridine rings is 1. The monoisotopic (exact) mass is 354 g/mol. The molecule has 4 rings (SSSR count). The van der Waals surface area contributed by atoms with E-state index in [2.05, 4.69) is 31.3 Å². The van der Waals surface area contributed by atoms with Gasteiger partial charge in [-0.3, -0.25) is 4.98 Å². The molecule has 0 spiro atoms. The molecule has 130 valence electrons. The number of nitriles is 1. The summed E-state index contributed by atoms with van der Waals surface area (Å²) in [5, 5.41) is 17.4. The first-order valence-corrected chi connectivity index (χ1v) is 8.16. The van der Waals surface area contributed by atoms with Crippen LogP contribution in [0.1, 0.15) is 11.1 Å². The number of anilines is 1. The van der Waals surface area contributed by atoms with E-state index in [0.29, 0.717) is 29.2 Å². The van der Waals surface area contributed by atoms with E-state index in [9.17, 15) is 0 Å². The normalized spacial score (nSPS) is 10.5. The number of nitrogen functional groups attached to an aromatic ring is 1. The maximum absolute atomic E-state index is 9.09. The van der Waals surface area contributed by atoms with Crippen LogP contribution in [0.4, 0.5) is 5.95 Å². The minimum atomic E-state index is 0.133. The summed E-state index contributed by atoms with van der Waals surface area (Å²) in [6, 6.07) is 14.9. The molecule has 0 saturated heterocycles. The second kappa shape index (κ2) is 7.01. The predicted octanol–water partition coefficient (Wildman–Crippen LogP) is 2.30. The van der Waals surface area contributed by atoms with E-state index in [-0.39, 0.29) is 5.95 Å². The van der Waals surface area contributed by atoms with Crippen LogP contribution in [-0.4, -0.2) is 29.9 Å². The molecule has 8 heteroatoms. The number of nitrogens with zero attached hydrogens (tertiary/aromatic N) is 7. The average molecular weight is 354 g/mol. The number of aromatic nitrogens is 6. The topological polar surface area (TPSA) is 119 Å². The second-order valence-corrected chi connectivity index (χ2v) is 5.85. The molecule has 0 aliphatic heterocycles. The van der Waals surface area contributed by atoms with Crippen LogP contribution in [0.2, 0.25) is 0 Å². The zero-order chi connectivity index (χ0) is 18.6. The number of benzene rings is 1. The Morgan fingerprint density at radius 3 is 2.63 bits per heavy atom. The molecule has 4 aromatic rings. The quantitative estimate of drug-likeness (QED) is 0.597. The highest BCUT2D eigenvalue weighted by atomic mass is 15.4. The molecule has 2 N–H and O–H groups in total. The van der Waals surface area contributed by atoms with Crippen molar-refractivity contribution in [2.75, 3.05) is 5.73 Å². The maximum Gasteiger partial charge on any atom is 0.221 e. The zero-order valence-corrected chi connectivity index (χ0v) is 14.2. The number of nitrogens with two attached hydrogens (primary N) is 1. The van der Waals surface area contributed by atoms with Gasteiger partial charge in [-0.2, -0.15) is 5.26 Å². The van der Waals surface area contributed by atoms with Crippen LogP contribution in [-0.2, 0) is 6.54 Å². The molecule has 0 saturated carbocycles. The van der Waals surface area contributed by atoms with Crippen LogP contribution in [0.25, 0.3) is 22.6 Å². The second-order valence-electron chi connectivity index (χ2n) is 5.85. The van der Waals surface area contributed by atoms with Crippen molar-refractivity contribution in [3.63, 3.8) is 0 Å². The van der Waals surface area contributed by atoms with E-state index in [1.54, 1.807) is 47.5 Å². The van der Waals surface area contributed by atoms with Gasteiger partial charge in [-0.15, -0.1) is 5.10 Å². The molecule has 3 heterocycles. The highest BCUT2D eigenvalue weighted by Gasteiger charge is 2.11. The van der Waals surface area contributed by atoms with Gasteiger partial charge in [-0.25, -0.2) is 14.6 Å². The standard InChI is InChI=1S/C19H14N8/c20-10-14-2-1-3-15(8-14)16-9-17(24-19(21)23-16)18-12-27(26-25-18)11-13-4-6-22-7-5-13/h1-9,12H,11H2,(H2,21,23,24). The Labute approximate surface area is 155 Å². The Morgan fingerprint density at radius 2 is 1.81 bits per heavy atom. The molecule has 3 aromatic heterocycles. The number of hydrogen-bond acceptors (Lipinski definition) is 7. The number of hydrogen-bond donors (Lipinski definition) is 1. The largest absolute Gasteiger partial charge is 0.368 e. The Bertz CT molecular complexity index is 1130. The molecule has 0 aliphatic carbocycles. The summed E-state index contributed by atoms with van der Waals surface area (Å²) in [7, 11) is 0. The first-order valence-electron chi connectivity index (χ1n) is 8.16. The van der Waals surface area contributed by atoms with Gasteiger partial charge in [0.25, 0.3) is 0 Å². The Balaban J connectivity index is 1.66. The molecule has 0 unspecified atom stereocenters. The zero-order valence-electron chi connectivity index (χ0n) is 14.2. The summed E-state index contributed by atoms with van der Waals surface area (Å²) in [5.74, 6) is 0.133. The average Bonchev–Trinajstić information content (AvgIpc) is 3.17. The Morgan fingerprint density at radius 1 is 1.00 bits per heavy atom. The van der Waals surface area contributed by atoms with Gasteiger partial charge in [0.2, 0.25) is 5.95 Å². The summed E-state index contributed by atoms with van der Waals surface area (Å²) in [4.78, 5) is 12.5. The van der Waals surface area contributed by atoms with Gasteiger partial charge in [-0.1, -0.05) is 17.3 Å². The van der Waals surface area contributed by atoms with Gasteiger partial charge in [0.1, 0.15) is 5.69 Å². The predicted molar refractivity (Wildman–Crippen MR) is 99.0 cm³/mol. The lowest BCUT2D eigenvalue weighted by Gasteiger charge is -2.04. The van der Waals surface area contributed by atoms with E-state index in [0.717, 1.165) is 11.1 Å². The first kappa shape index (κ1) is 16.4. The van der Waals surface area contributed by atoms with Crippen LogP contribution in [0.3, 0.4) is 0 Å². The lowest BCUT2D eigenvalue weighted by atomic mass is 10.1. The van der Waals surface area contributed by atoms with Gasteiger partial charge in [0.15, 0.2) is 0 Å². The van der Waals surface area contributed by atoms with Crippen molar-refractivity contribution in [3.05, 3.63) is 72.2 Å².